The molecule has 0 atom stereocenters. The molecule has 1 saturated carbocycles. The van der Waals surface area contributed by atoms with Crippen LogP contribution in [0.5, 0.6) is 0 Å². The molecule has 0 spiro atoms. The predicted molar refractivity (Wildman–Crippen MR) is 73.4 cm³/mol. The van der Waals surface area contributed by atoms with E-state index in [0.717, 1.165) is 43.4 Å². The molecule has 19 heavy (non-hydrogen) atoms. The molecule has 2 N–H and O–H groups in total. The lowest BCUT2D eigenvalue weighted by Crippen LogP contribution is -2.17. The van der Waals surface area contributed by atoms with Gasteiger partial charge in [0.25, 0.3) is 0 Å². The highest BCUT2D eigenvalue weighted by atomic mass is 35.5. The number of fused-ring (bicyclic) bond motifs is 1. The molecule has 0 aromatic carbocycles. The summed E-state index contributed by atoms with van der Waals surface area (Å²) >= 11 is 0. The van der Waals surface area contributed by atoms with Gasteiger partial charge in [-0.2, -0.15) is 5.10 Å². The summed E-state index contributed by atoms with van der Waals surface area (Å²) in [5.41, 5.74) is 2.17. The van der Waals surface area contributed by atoms with E-state index in [1.165, 1.54) is 18.5 Å². The summed E-state index contributed by atoms with van der Waals surface area (Å²) in [4.78, 5) is 0. The number of hydrogen-bond acceptors (Lipinski definition) is 4. The number of nitrogens with one attached hydrogen (secondary N) is 2. The first kappa shape index (κ1) is 12.6. The number of halogens is 1. The van der Waals surface area contributed by atoms with E-state index in [2.05, 4.69) is 36.3 Å². The first-order chi connectivity index (χ1) is 8.92. The topological polar surface area (TPSA) is 71.4 Å². The van der Waals surface area contributed by atoms with Crippen molar-refractivity contribution in [2.75, 3.05) is 13.1 Å². The van der Waals surface area contributed by atoms with Crippen LogP contribution in [0.2, 0.25) is 0 Å². The van der Waals surface area contributed by atoms with Crippen LogP contribution in [0, 0.1) is 0 Å². The van der Waals surface area contributed by atoms with Crippen molar-refractivity contribution in [1.82, 2.24) is 30.3 Å². The van der Waals surface area contributed by atoms with Crippen molar-refractivity contribution in [3.05, 3.63) is 17.6 Å². The van der Waals surface area contributed by atoms with E-state index in [0.29, 0.717) is 5.92 Å². The average molecular weight is 281 g/mol. The third kappa shape index (κ3) is 2.26. The molecule has 0 radical (unpaired) electrons. The summed E-state index contributed by atoms with van der Waals surface area (Å²) < 4.78 is 2.19. The Kier molecular flexibility index (Phi) is 3.28. The van der Waals surface area contributed by atoms with Crippen LogP contribution < -0.4 is 5.32 Å². The number of hydrogen-bond donors (Lipinski definition) is 2. The molecule has 1 aliphatic carbocycles. The van der Waals surface area contributed by atoms with Crippen molar-refractivity contribution in [2.24, 2.45) is 0 Å². The van der Waals surface area contributed by atoms with Crippen LogP contribution in [0.4, 0.5) is 0 Å². The van der Waals surface area contributed by atoms with Gasteiger partial charge in [0.05, 0.1) is 0 Å². The summed E-state index contributed by atoms with van der Waals surface area (Å²) in [6.07, 6.45) is 3.50. The fourth-order valence-corrected chi connectivity index (χ4v) is 2.52. The minimum atomic E-state index is 0. The molecular formula is C12H17ClN6. The maximum atomic E-state index is 4.39. The van der Waals surface area contributed by atoms with E-state index in [9.17, 15) is 0 Å². The highest BCUT2D eigenvalue weighted by molar-refractivity contribution is 5.85. The van der Waals surface area contributed by atoms with Gasteiger partial charge in [-0.1, -0.05) is 0 Å². The van der Waals surface area contributed by atoms with Crippen molar-refractivity contribution < 1.29 is 0 Å². The van der Waals surface area contributed by atoms with Crippen molar-refractivity contribution in [2.45, 2.75) is 31.7 Å². The normalized spacial score (nSPS) is 18.5. The maximum absolute atomic E-state index is 4.39. The van der Waals surface area contributed by atoms with Gasteiger partial charge in [-0.15, -0.1) is 22.6 Å². The molecule has 6 nitrogen and oxygen atoms in total. The van der Waals surface area contributed by atoms with E-state index >= 15 is 0 Å². The Hall–Kier alpha value is -1.40. The third-order valence-corrected chi connectivity index (χ3v) is 3.71. The summed E-state index contributed by atoms with van der Waals surface area (Å²) in [7, 11) is 0. The average Bonchev–Trinajstić information content (AvgIpc) is 3.07. The molecule has 0 amide bonds. The Morgan fingerprint density at radius 3 is 2.95 bits per heavy atom. The zero-order valence-corrected chi connectivity index (χ0v) is 11.4. The van der Waals surface area contributed by atoms with Gasteiger partial charge in [0.2, 0.25) is 0 Å². The smallest absolute Gasteiger partial charge is 0.184 e. The Morgan fingerprint density at radius 2 is 2.11 bits per heavy atom. The molecule has 1 aliphatic heterocycles. The molecule has 0 unspecified atom stereocenters. The van der Waals surface area contributed by atoms with Crippen molar-refractivity contribution in [3.63, 3.8) is 0 Å². The summed E-state index contributed by atoms with van der Waals surface area (Å²) in [5, 5.41) is 19.5. The monoisotopic (exact) mass is 280 g/mol. The van der Waals surface area contributed by atoms with E-state index in [-0.39, 0.29) is 12.4 Å². The quantitative estimate of drug-likeness (QED) is 0.865. The lowest BCUT2D eigenvalue weighted by molar-refractivity contribution is 0.646. The fourth-order valence-electron chi connectivity index (χ4n) is 2.52. The van der Waals surface area contributed by atoms with Gasteiger partial charge in [0.1, 0.15) is 11.5 Å². The van der Waals surface area contributed by atoms with Gasteiger partial charge >= 0.3 is 0 Å². The van der Waals surface area contributed by atoms with E-state index < -0.39 is 0 Å². The van der Waals surface area contributed by atoms with Crippen LogP contribution in [0.3, 0.4) is 0 Å². The molecule has 102 valence electrons. The second kappa shape index (κ2) is 4.94. The molecule has 1 fully saturated rings. The molecule has 2 aromatic heterocycles. The lowest BCUT2D eigenvalue weighted by atomic mass is 10.2. The summed E-state index contributed by atoms with van der Waals surface area (Å²) in [5.74, 6) is 2.65. The molecular weight excluding hydrogens is 264 g/mol. The summed E-state index contributed by atoms with van der Waals surface area (Å²) in [6, 6.07) is 2.13. The minimum Gasteiger partial charge on any atom is -0.315 e. The van der Waals surface area contributed by atoms with Gasteiger partial charge in [-0.25, -0.2) is 0 Å². The number of H-pyrrole nitrogens is 1. The zero-order valence-electron chi connectivity index (χ0n) is 10.6. The van der Waals surface area contributed by atoms with Crippen LogP contribution in [-0.4, -0.2) is 38.1 Å². The van der Waals surface area contributed by atoms with Gasteiger partial charge in [-0.3, -0.25) is 5.10 Å². The molecule has 0 saturated heterocycles. The maximum Gasteiger partial charge on any atom is 0.184 e. The predicted octanol–water partition coefficient (Wildman–Crippen LogP) is 1.11. The molecule has 3 heterocycles. The number of nitrogens with zero attached hydrogens (tertiary/aromatic N) is 4. The van der Waals surface area contributed by atoms with Crippen molar-refractivity contribution in [1.29, 1.82) is 0 Å². The highest BCUT2D eigenvalue weighted by Crippen LogP contribution is 2.39. The van der Waals surface area contributed by atoms with E-state index in [4.69, 9.17) is 0 Å². The van der Waals surface area contributed by atoms with Crippen LogP contribution in [0.15, 0.2) is 6.07 Å². The second-order valence-corrected chi connectivity index (χ2v) is 5.07. The Bertz CT molecular complexity index is 571. The van der Waals surface area contributed by atoms with Crippen molar-refractivity contribution in [3.8, 4) is 11.5 Å². The van der Waals surface area contributed by atoms with Gasteiger partial charge < -0.3 is 9.88 Å². The first-order valence-corrected chi connectivity index (χ1v) is 6.60. The Labute approximate surface area is 117 Å². The standard InChI is InChI=1S/C12H16N6.ClH/c1-2-8(1)9-7-10(15-14-9)12-17-16-11-3-4-13-5-6-18(11)12;/h7-8,13H,1-6H2,(H,14,15);1H. The third-order valence-electron chi connectivity index (χ3n) is 3.71. The SMILES string of the molecule is Cl.c1c(-c2nnc3n2CCNCC3)n[nH]c1C1CC1. The minimum absolute atomic E-state index is 0. The van der Waals surface area contributed by atoms with Crippen LogP contribution in [0.1, 0.15) is 30.3 Å². The van der Waals surface area contributed by atoms with Gasteiger partial charge in [-0.05, 0) is 18.9 Å². The number of aromatic amines is 1. The fraction of sp³-hybridized carbons (Fsp3) is 0.583. The van der Waals surface area contributed by atoms with Crippen molar-refractivity contribution >= 4 is 12.4 Å². The number of aromatic nitrogens is 5. The molecule has 7 heteroatoms. The highest BCUT2D eigenvalue weighted by Gasteiger charge is 2.26. The Balaban J connectivity index is 0.00000110. The van der Waals surface area contributed by atoms with Crippen LogP contribution >= 0.6 is 12.4 Å². The first-order valence-electron chi connectivity index (χ1n) is 6.60. The second-order valence-electron chi connectivity index (χ2n) is 5.07. The van der Waals surface area contributed by atoms with Gasteiger partial charge in [0, 0.05) is 37.7 Å². The molecule has 2 aromatic rings. The molecule has 2 aliphatic rings. The number of rotatable bonds is 2. The molecule has 0 bridgehead atoms. The van der Waals surface area contributed by atoms with Crippen LogP contribution in [-0.2, 0) is 13.0 Å². The van der Waals surface area contributed by atoms with E-state index in [1.807, 2.05) is 0 Å². The van der Waals surface area contributed by atoms with Crippen LogP contribution in [0.25, 0.3) is 11.5 Å². The summed E-state index contributed by atoms with van der Waals surface area (Å²) in [6.45, 7) is 2.87. The largest absolute Gasteiger partial charge is 0.315 e. The lowest BCUT2D eigenvalue weighted by Gasteiger charge is -2.03. The van der Waals surface area contributed by atoms with E-state index in [1.54, 1.807) is 0 Å². The molecule has 4 rings (SSSR count). The van der Waals surface area contributed by atoms with Gasteiger partial charge in [0.15, 0.2) is 5.82 Å². The Morgan fingerprint density at radius 1 is 1.21 bits per heavy atom. The zero-order chi connectivity index (χ0) is 11.9.